The Morgan fingerprint density at radius 3 is 2.95 bits per heavy atom. The van der Waals surface area contributed by atoms with Crippen LogP contribution in [0.4, 0.5) is 5.13 Å². The van der Waals surface area contributed by atoms with E-state index in [1.807, 2.05) is 24.3 Å². The third kappa shape index (κ3) is 2.05. The first-order valence-electron chi connectivity index (χ1n) is 6.39. The molecule has 2 heterocycles. The molecule has 0 bridgehead atoms. The predicted octanol–water partition coefficient (Wildman–Crippen LogP) is 2.54. The van der Waals surface area contributed by atoms with E-state index in [-0.39, 0.29) is 11.7 Å². The topological polar surface area (TPSA) is 83.6 Å². The molecule has 1 aliphatic carbocycles. The van der Waals surface area contributed by atoms with E-state index in [1.165, 1.54) is 11.3 Å². The summed E-state index contributed by atoms with van der Waals surface area (Å²) in [6, 6.07) is 7.76. The summed E-state index contributed by atoms with van der Waals surface area (Å²) in [5.41, 5.74) is 0.876. The predicted molar refractivity (Wildman–Crippen MR) is 75.9 cm³/mol. The van der Waals surface area contributed by atoms with E-state index < -0.39 is 0 Å². The highest BCUT2D eigenvalue weighted by molar-refractivity contribution is 7.22. The van der Waals surface area contributed by atoms with Crippen molar-refractivity contribution in [1.82, 2.24) is 20.2 Å². The molecule has 6 nitrogen and oxygen atoms in total. The minimum atomic E-state index is -0.327. The Hall–Kier alpha value is -2.28. The molecule has 1 aromatic carbocycles. The normalized spacial score (nSPS) is 14.6. The number of carbonyl (C=O) groups excluding carboxylic acids is 1. The number of benzene rings is 1. The zero-order valence-corrected chi connectivity index (χ0v) is 11.3. The maximum atomic E-state index is 12.1. The Balaban J connectivity index is 1.55. The fourth-order valence-electron chi connectivity index (χ4n) is 1.99. The second-order valence-corrected chi connectivity index (χ2v) is 5.79. The van der Waals surface area contributed by atoms with Gasteiger partial charge in [-0.1, -0.05) is 23.5 Å². The van der Waals surface area contributed by atoms with Gasteiger partial charge in [-0.2, -0.15) is 0 Å². The lowest BCUT2D eigenvalue weighted by Crippen LogP contribution is -2.13. The first kappa shape index (κ1) is 11.5. The maximum absolute atomic E-state index is 12.1. The van der Waals surface area contributed by atoms with Crippen molar-refractivity contribution in [2.24, 2.45) is 0 Å². The molecule has 1 amide bonds. The zero-order chi connectivity index (χ0) is 13.5. The van der Waals surface area contributed by atoms with E-state index in [1.54, 1.807) is 0 Å². The second-order valence-electron chi connectivity index (χ2n) is 4.76. The van der Waals surface area contributed by atoms with Crippen molar-refractivity contribution in [3.63, 3.8) is 0 Å². The summed E-state index contributed by atoms with van der Waals surface area (Å²) in [6.45, 7) is 0. The fourth-order valence-corrected chi connectivity index (χ4v) is 2.85. The first-order valence-corrected chi connectivity index (χ1v) is 7.20. The number of nitrogens with one attached hydrogen (secondary N) is 2. The number of hydrogen-bond donors (Lipinski definition) is 2. The Bertz CT molecular complexity index is 756. The van der Waals surface area contributed by atoms with Gasteiger partial charge in [0.05, 0.1) is 10.2 Å². The van der Waals surface area contributed by atoms with Gasteiger partial charge in [0.2, 0.25) is 5.82 Å². The molecular formula is C13H11N5OS. The van der Waals surface area contributed by atoms with E-state index in [2.05, 4.69) is 25.5 Å². The van der Waals surface area contributed by atoms with Crippen LogP contribution < -0.4 is 5.32 Å². The first-order chi connectivity index (χ1) is 9.79. The summed E-state index contributed by atoms with van der Waals surface area (Å²) >= 11 is 1.44. The molecule has 4 rings (SSSR count). The van der Waals surface area contributed by atoms with Gasteiger partial charge in [0, 0.05) is 5.92 Å². The highest BCUT2D eigenvalue weighted by atomic mass is 32.1. The Morgan fingerprint density at radius 2 is 2.15 bits per heavy atom. The molecule has 1 aliphatic rings. The molecule has 0 spiro atoms. The van der Waals surface area contributed by atoms with Crippen LogP contribution in [0.1, 0.15) is 35.2 Å². The number of aromatic amines is 1. The summed E-state index contributed by atoms with van der Waals surface area (Å²) in [5.74, 6) is 1.10. The fraction of sp³-hybridized carbons (Fsp3) is 0.231. The summed E-state index contributed by atoms with van der Waals surface area (Å²) in [6.07, 6.45) is 2.24. The molecule has 20 heavy (non-hydrogen) atoms. The minimum Gasteiger partial charge on any atom is -0.295 e. The van der Waals surface area contributed by atoms with Crippen LogP contribution >= 0.6 is 11.3 Å². The number of rotatable bonds is 3. The minimum absolute atomic E-state index is 0.172. The number of H-pyrrole nitrogens is 1. The Labute approximate surface area is 118 Å². The Morgan fingerprint density at radius 1 is 1.30 bits per heavy atom. The van der Waals surface area contributed by atoms with Gasteiger partial charge in [-0.3, -0.25) is 15.2 Å². The average molecular weight is 285 g/mol. The smallest absolute Gasteiger partial charge is 0.295 e. The molecule has 0 saturated heterocycles. The molecule has 2 N–H and O–H groups in total. The van der Waals surface area contributed by atoms with Crippen LogP contribution in [0.2, 0.25) is 0 Å². The second kappa shape index (κ2) is 4.38. The van der Waals surface area contributed by atoms with Crippen LogP contribution in [0.3, 0.4) is 0 Å². The van der Waals surface area contributed by atoms with Crippen LogP contribution in [0.5, 0.6) is 0 Å². The molecule has 0 atom stereocenters. The van der Waals surface area contributed by atoms with Crippen LogP contribution in [0.25, 0.3) is 10.2 Å². The molecule has 100 valence electrons. The molecule has 1 fully saturated rings. The monoisotopic (exact) mass is 285 g/mol. The van der Waals surface area contributed by atoms with Crippen molar-refractivity contribution in [1.29, 1.82) is 0 Å². The van der Waals surface area contributed by atoms with Crippen LogP contribution in [0, 0.1) is 0 Å². The molecule has 3 aromatic rings. The summed E-state index contributed by atoms with van der Waals surface area (Å²) < 4.78 is 1.04. The lowest BCUT2D eigenvalue weighted by Gasteiger charge is -1.95. The number of para-hydroxylation sites is 1. The van der Waals surface area contributed by atoms with Crippen LogP contribution in [0.15, 0.2) is 24.3 Å². The van der Waals surface area contributed by atoms with Gasteiger partial charge < -0.3 is 0 Å². The van der Waals surface area contributed by atoms with Crippen molar-refractivity contribution in [2.75, 3.05) is 5.32 Å². The van der Waals surface area contributed by atoms with E-state index in [4.69, 9.17) is 0 Å². The molecular weight excluding hydrogens is 274 g/mol. The van der Waals surface area contributed by atoms with Gasteiger partial charge in [0.15, 0.2) is 5.13 Å². The number of nitrogens with zero attached hydrogens (tertiary/aromatic N) is 3. The number of aromatic nitrogens is 4. The lowest BCUT2D eigenvalue weighted by molar-refractivity contribution is 0.101. The highest BCUT2D eigenvalue weighted by Gasteiger charge is 2.28. The van der Waals surface area contributed by atoms with Crippen molar-refractivity contribution < 1.29 is 4.79 Å². The van der Waals surface area contributed by atoms with Crippen molar-refractivity contribution >= 4 is 32.6 Å². The van der Waals surface area contributed by atoms with Crippen molar-refractivity contribution in [2.45, 2.75) is 18.8 Å². The van der Waals surface area contributed by atoms with E-state index in [0.717, 1.165) is 28.9 Å². The lowest BCUT2D eigenvalue weighted by atomic mass is 10.3. The molecule has 2 aromatic heterocycles. The summed E-state index contributed by atoms with van der Waals surface area (Å²) in [4.78, 5) is 20.6. The molecule has 0 radical (unpaired) electrons. The Kier molecular flexibility index (Phi) is 2.53. The molecule has 7 heteroatoms. The standard InChI is InChI=1S/C13H11N5OS/c19-12(11-15-10(17-18-11)7-5-6-7)16-13-14-8-3-1-2-4-9(8)20-13/h1-4,7H,5-6H2,(H,14,16,19)(H,15,17,18). The highest BCUT2D eigenvalue weighted by Crippen LogP contribution is 2.37. The van der Waals surface area contributed by atoms with E-state index in [0.29, 0.717) is 11.0 Å². The molecule has 0 aliphatic heterocycles. The van der Waals surface area contributed by atoms with Gasteiger partial charge in [-0.05, 0) is 25.0 Å². The largest absolute Gasteiger partial charge is 0.297 e. The third-order valence-electron chi connectivity index (χ3n) is 3.18. The average Bonchev–Trinajstić information content (AvgIpc) is 3.03. The third-order valence-corrected chi connectivity index (χ3v) is 4.14. The molecule has 0 unspecified atom stereocenters. The van der Waals surface area contributed by atoms with Gasteiger partial charge in [-0.25, -0.2) is 9.97 Å². The van der Waals surface area contributed by atoms with Gasteiger partial charge in [0.1, 0.15) is 5.82 Å². The number of anilines is 1. The van der Waals surface area contributed by atoms with E-state index >= 15 is 0 Å². The van der Waals surface area contributed by atoms with Crippen LogP contribution in [-0.4, -0.2) is 26.1 Å². The number of thiazole rings is 1. The van der Waals surface area contributed by atoms with E-state index in [9.17, 15) is 4.79 Å². The van der Waals surface area contributed by atoms with Crippen LogP contribution in [-0.2, 0) is 0 Å². The summed E-state index contributed by atoms with van der Waals surface area (Å²) in [7, 11) is 0. The van der Waals surface area contributed by atoms with Crippen molar-refractivity contribution in [3.8, 4) is 0 Å². The van der Waals surface area contributed by atoms with Crippen molar-refractivity contribution in [3.05, 3.63) is 35.9 Å². The number of hydrogen-bond acceptors (Lipinski definition) is 5. The quantitative estimate of drug-likeness (QED) is 0.774. The number of amides is 1. The zero-order valence-electron chi connectivity index (χ0n) is 10.5. The van der Waals surface area contributed by atoms with Gasteiger partial charge in [-0.15, -0.1) is 5.10 Å². The SMILES string of the molecule is O=C(Nc1nc2ccccc2s1)c1n[nH]c(C2CC2)n1. The number of carbonyl (C=O) groups is 1. The molecule has 1 saturated carbocycles. The van der Waals surface area contributed by atoms with Gasteiger partial charge in [0.25, 0.3) is 5.91 Å². The van der Waals surface area contributed by atoms with Gasteiger partial charge >= 0.3 is 0 Å². The maximum Gasteiger partial charge on any atom is 0.297 e. The number of fused-ring (bicyclic) bond motifs is 1. The summed E-state index contributed by atoms with van der Waals surface area (Å²) in [5, 5.41) is 10.1.